The molecule has 1 aliphatic rings. The molecule has 0 aliphatic heterocycles. The number of aromatic nitrogens is 4. The lowest BCUT2D eigenvalue weighted by Gasteiger charge is -2.22. The molecule has 1 aliphatic carbocycles. The van der Waals surface area contributed by atoms with Crippen LogP contribution in [-0.4, -0.2) is 24.7 Å². The van der Waals surface area contributed by atoms with Crippen molar-refractivity contribution in [1.82, 2.24) is 19.0 Å². The van der Waals surface area contributed by atoms with Gasteiger partial charge >= 0.3 is 0 Å². The minimum Gasteiger partial charge on any atom is -0.283 e. The van der Waals surface area contributed by atoms with Crippen molar-refractivity contribution in [2.75, 3.05) is 0 Å². The van der Waals surface area contributed by atoms with Crippen LogP contribution in [-0.2, 0) is 7.05 Å². The second kappa shape index (κ2) is 11.7. The van der Waals surface area contributed by atoms with E-state index in [9.17, 15) is 4.79 Å². The van der Waals surface area contributed by atoms with E-state index >= 15 is 0 Å². The summed E-state index contributed by atoms with van der Waals surface area (Å²) in [6.07, 6.45) is 10.1. The van der Waals surface area contributed by atoms with Gasteiger partial charge in [-0.3, -0.25) is 14.5 Å². The second-order valence-electron chi connectivity index (χ2n) is 10.6. The maximum absolute atomic E-state index is 13.6. The number of hydrogen-bond donors (Lipinski definition) is 0. The van der Waals surface area contributed by atoms with Crippen LogP contribution in [0.3, 0.4) is 0 Å². The Labute approximate surface area is 243 Å². The van der Waals surface area contributed by atoms with E-state index in [0.717, 1.165) is 33.9 Å². The topological polar surface area (TPSA) is 69.5 Å². The van der Waals surface area contributed by atoms with E-state index in [1.165, 1.54) is 49.0 Å². The van der Waals surface area contributed by atoms with E-state index < -0.39 is 0 Å². The molecular formula is C33H34N6OS. The van der Waals surface area contributed by atoms with Crippen molar-refractivity contribution < 1.29 is 0 Å². The van der Waals surface area contributed by atoms with Gasteiger partial charge in [0.05, 0.1) is 22.8 Å². The average molecular weight is 563 g/mol. The first-order valence-corrected chi connectivity index (χ1v) is 15.0. The molecule has 2 aromatic carbocycles. The Balaban J connectivity index is 1.48. The maximum Gasteiger partial charge on any atom is 0.297 e. The molecule has 41 heavy (non-hydrogen) atoms. The first kappa shape index (κ1) is 26.9. The van der Waals surface area contributed by atoms with Gasteiger partial charge in [-0.15, -0.1) is 11.3 Å². The highest BCUT2D eigenvalue weighted by Gasteiger charge is 2.18. The summed E-state index contributed by atoms with van der Waals surface area (Å²) < 4.78 is 5.37. The highest BCUT2D eigenvalue weighted by molar-refractivity contribution is 7.07. The van der Waals surface area contributed by atoms with Crippen molar-refractivity contribution in [1.29, 1.82) is 0 Å². The van der Waals surface area contributed by atoms with Crippen molar-refractivity contribution >= 4 is 22.7 Å². The van der Waals surface area contributed by atoms with Gasteiger partial charge in [0.2, 0.25) is 4.80 Å². The molecule has 3 heterocycles. The minimum absolute atomic E-state index is 0.164. The van der Waals surface area contributed by atoms with Gasteiger partial charge in [-0.2, -0.15) is 5.10 Å². The van der Waals surface area contributed by atoms with Gasteiger partial charge in [-0.1, -0.05) is 67.8 Å². The summed E-state index contributed by atoms with van der Waals surface area (Å²) >= 11 is 1.48. The lowest BCUT2D eigenvalue weighted by molar-refractivity contribution is 0.443. The Kier molecular flexibility index (Phi) is 7.65. The molecule has 0 saturated heterocycles. The molecular weight excluding hydrogens is 528 g/mol. The summed E-state index contributed by atoms with van der Waals surface area (Å²) in [7, 11) is 1.88. The van der Waals surface area contributed by atoms with Crippen LogP contribution in [0.15, 0.2) is 99.4 Å². The summed E-state index contributed by atoms with van der Waals surface area (Å²) in [6.45, 7) is 3.89. The van der Waals surface area contributed by atoms with Crippen molar-refractivity contribution in [3.05, 3.63) is 116 Å². The average Bonchev–Trinajstić information content (AvgIpc) is 3.51. The molecule has 3 aromatic heterocycles. The number of thiazole rings is 1. The molecule has 0 N–H and O–H groups in total. The number of rotatable bonds is 6. The smallest absolute Gasteiger partial charge is 0.283 e. The zero-order chi connectivity index (χ0) is 28.3. The van der Waals surface area contributed by atoms with Gasteiger partial charge < -0.3 is 0 Å². The van der Waals surface area contributed by atoms with Gasteiger partial charge in [0.25, 0.3) is 5.56 Å². The molecule has 6 rings (SSSR count). The summed E-state index contributed by atoms with van der Waals surface area (Å²) in [4.78, 5) is 23.5. The third-order valence-electron chi connectivity index (χ3n) is 8.03. The fourth-order valence-electron chi connectivity index (χ4n) is 5.60. The molecule has 1 saturated carbocycles. The van der Waals surface area contributed by atoms with Crippen LogP contribution in [0.2, 0.25) is 0 Å². The molecule has 5 aromatic rings. The van der Waals surface area contributed by atoms with Gasteiger partial charge in [-0.05, 0) is 56.4 Å². The zero-order valence-corrected chi connectivity index (χ0v) is 24.5. The molecule has 0 spiro atoms. The van der Waals surface area contributed by atoms with Crippen LogP contribution in [0.4, 0.5) is 5.69 Å². The normalized spacial score (nSPS) is 15.0. The van der Waals surface area contributed by atoms with Crippen LogP contribution in [0.1, 0.15) is 61.8 Å². The number of benzene rings is 2. The van der Waals surface area contributed by atoms with Gasteiger partial charge in [-0.25, -0.2) is 14.4 Å². The lowest BCUT2D eigenvalue weighted by atomic mass is 9.84. The predicted octanol–water partition coefficient (Wildman–Crippen LogP) is 6.96. The third kappa shape index (κ3) is 5.39. The van der Waals surface area contributed by atoms with Crippen molar-refractivity contribution in [3.63, 3.8) is 0 Å². The lowest BCUT2D eigenvalue weighted by Crippen LogP contribution is -2.20. The van der Waals surface area contributed by atoms with Crippen molar-refractivity contribution in [2.45, 2.75) is 51.9 Å². The van der Waals surface area contributed by atoms with E-state index in [0.29, 0.717) is 16.4 Å². The molecule has 0 bridgehead atoms. The van der Waals surface area contributed by atoms with Crippen LogP contribution in [0.25, 0.3) is 16.9 Å². The molecule has 0 amide bonds. The quantitative estimate of drug-likeness (QED) is 0.210. The predicted molar refractivity (Wildman–Crippen MR) is 166 cm³/mol. The SMILES string of the molecule is CC(=Nn1c(-c2ccc(C3CCCCC3)cc2)csc1=Nc1c(C)n(C)n(-c2ccccc2)c1=O)c1cccnc1. The molecule has 7 nitrogen and oxygen atoms in total. The summed E-state index contributed by atoms with van der Waals surface area (Å²) in [5, 5.41) is 7.09. The molecule has 0 radical (unpaired) electrons. The van der Waals surface area contributed by atoms with Crippen molar-refractivity contribution in [3.8, 4) is 16.9 Å². The number of hydrogen-bond acceptors (Lipinski definition) is 5. The highest BCUT2D eigenvalue weighted by atomic mass is 32.1. The fraction of sp³-hybridized carbons (Fsp3) is 0.273. The first-order valence-electron chi connectivity index (χ1n) is 14.2. The van der Waals surface area contributed by atoms with Crippen LogP contribution < -0.4 is 10.4 Å². The second-order valence-corrected chi connectivity index (χ2v) is 11.5. The van der Waals surface area contributed by atoms with Crippen LogP contribution >= 0.6 is 11.3 Å². The Morgan fingerprint density at radius 3 is 2.44 bits per heavy atom. The first-order chi connectivity index (χ1) is 20.0. The van der Waals surface area contributed by atoms with Crippen LogP contribution in [0.5, 0.6) is 0 Å². The molecule has 1 fully saturated rings. The van der Waals surface area contributed by atoms with E-state index in [-0.39, 0.29) is 5.56 Å². The minimum atomic E-state index is -0.164. The summed E-state index contributed by atoms with van der Waals surface area (Å²) in [5.74, 6) is 0.650. The Morgan fingerprint density at radius 2 is 1.73 bits per heavy atom. The van der Waals surface area contributed by atoms with E-state index in [4.69, 9.17) is 10.1 Å². The van der Waals surface area contributed by atoms with E-state index in [2.05, 4.69) is 34.6 Å². The van der Waals surface area contributed by atoms with Crippen LogP contribution in [0, 0.1) is 6.92 Å². The Morgan fingerprint density at radius 1 is 0.976 bits per heavy atom. The molecule has 0 atom stereocenters. The summed E-state index contributed by atoms with van der Waals surface area (Å²) in [5.41, 5.74) is 6.97. The van der Waals surface area contributed by atoms with Gasteiger partial charge in [0.15, 0.2) is 5.69 Å². The molecule has 0 unspecified atom stereocenters. The third-order valence-corrected chi connectivity index (χ3v) is 8.85. The summed E-state index contributed by atoms with van der Waals surface area (Å²) in [6, 6.07) is 22.5. The highest BCUT2D eigenvalue weighted by Crippen LogP contribution is 2.33. The standard InChI is InChI=1S/C33H34N6OS/c1-23(28-13-10-20-34-21-28)36-38-30(27-18-16-26(17-19-27)25-11-6-4-7-12-25)22-41-33(38)35-31-24(2)37(3)39(32(31)40)29-14-8-5-9-15-29/h5,8-10,13-22,25H,4,6-7,11-12H2,1-3H3. The number of pyridine rings is 1. The number of para-hydroxylation sites is 1. The maximum atomic E-state index is 13.6. The monoisotopic (exact) mass is 562 g/mol. The van der Waals surface area contributed by atoms with Gasteiger partial charge in [0.1, 0.15) is 0 Å². The van der Waals surface area contributed by atoms with E-state index in [1.807, 2.05) is 72.7 Å². The fourth-order valence-corrected chi connectivity index (χ4v) is 6.43. The van der Waals surface area contributed by atoms with Gasteiger partial charge in [0, 0.05) is 35.9 Å². The number of nitrogens with zero attached hydrogens (tertiary/aromatic N) is 6. The zero-order valence-electron chi connectivity index (χ0n) is 23.7. The van der Waals surface area contributed by atoms with E-state index in [1.54, 1.807) is 17.1 Å². The van der Waals surface area contributed by atoms with Crippen molar-refractivity contribution in [2.24, 2.45) is 17.1 Å². The Hall–Kier alpha value is -4.30. The molecule has 208 valence electrons. The molecule has 8 heteroatoms. The Bertz CT molecular complexity index is 1800. The largest absolute Gasteiger partial charge is 0.297 e.